The lowest BCUT2D eigenvalue weighted by atomic mass is 10.1. The van der Waals surface area contributed by atoms with Crippen LogP contribution in [0.5, 0.6) is 0 Å². The van der Waals surface area contributed by atoms with E-state index in [1.54, 1.807) is 29.5 Å². The van der Waals surface area contributed by atoms with Gasteiger partial charge in [-0.15, -0.1) is 10.2 Å². The molecule has 1 atom stereocenters. The quantitative estimate of drug-likeness (QED) is 0.421. The summed E-state index contributed by atoms with van der Waals surface area (Å²) < 4.78 is 16.0. The van der Waals surface area contributed by atoms with Crippen molar-refractivity contribution in [1.82, 2.24) is 20.1 Å². The summed E-state index contributed by atoms with van der Waals surface area (Å²) in [5.41, 5.74) is 4.19. The van der Waals surface area contributed by atoms with E-state index in [2.05, 4.69) is 21.0 Å². The van der Waals surface area contributed by atoms with Crippen molar-refractivity contribution in [3.8, 4) is 0 Å². The molecular weight excluding hydrogens is 381 g/mol. The molecule has 0 aliphatic rings. The van der Waals surface area contributed by atoms with Gasteiger partial charge in [-0.25, -0.2) is 9.87 Å². The average Bonchev–Trinajstić information content (AvgIpc) is 3.08. The molecule has 3 rings (SSSR count). The molecule has 10 heteroatoms. The van der Waals surface area contributed by atoms with Crippen LogP contribution in [0.1, 0.15) is 28.7 Å². The number of carbonyl (C=O) groups excluding carboxylic acids is 1. The summed E-state index contributed by atoms with van der Waals surface area (Å²) in [6.07, 6.45) is 1.08. The predicted molar refractivity (Wildman–Crippen MR) is 103 cm³/mol. The van der Waals surface area contributed by atoms with E-state index >= 15 is 0 Å². The summed E-state index contributed by atoms with van der Waals surface area (Å²) in [6.45, 7) is 2.87. The third-order valence-electron chi connectivity index (χ3n) is 4.32. The Morgan fingerprint density at radius 2 is 2.10 bits per heavy atom. The van der Waals surface area contributed by atoms with Gasteiger partial charge in [0.15, 0.2) is 5.65 Å². The van der Waals surface area contributed by atoms with Crippen molar-refractivity contribution < 1.29 is 24.2 Å². The highest BCUT2D eigenvalue weighted by molar-refractivity contribution is 6.00. The van der Waals surface area contributed by atoms with E-state index in [9.17, 15) is 14.3 Å². The number of anilines is 2. The minimum absolute atomic E-state index is 0.151. The van der Waals surface area contributed by atoms with Gasteiger partial charge in [0, 0.05) is 12.3 Å². The van der Waals surface area contributed by atoms with Crippen molar-refractivity contribution >= 4 is 22.9 Å². The van der Waals surface area contributed by atoms with Crippen LogP contribution in [0.25, 0.3) is 5.65 Å². The van der Waals surface area contributed by atoms with Gasteiger partial charge in [-0.1, -0.05) is 13.0 Å². The second kappa shape index (κ2) is 8.95. The molecule has 0 spiro atoms. The fourth-order valence-electron chi connectivity index (χ4n) is 2.67. The zero-order chi connectivity index (χ0) is 21.0. The molecular formula is C19H22FN5O4. The van der Waals surface area contributed by atoms with Crippen molar-refractivity contribution in [1.29, 1.82) is 0 Å². The second-order valence-corrected chi connectivity index (χ2v) is 6.45. The molecule has 0 radical (unpaired) electrons. The lowest BCUT2D eigenvalue weighted by Gasteiger charge is -2.15. The van der Waals surface area contributed by atoms with E-state index in [1.165, 1.54) is 12.3 Å². The number of fused-ring (bicyclic) bond motifs is 1. The van der Waals surface area contributed by atoms with Crippen molar-refractivity contribution in [3.05, 3.63) is 53.2 Å². The Hall–Kier alpha value is -3.08. The molecule has 29 heavy (non-hydrogen) atoms. The summed E-state index contributed by atoms with van der Waals surface area (Å²) in [5, 5.41) is 29.0. The molecule has 1 aromatic carbocycles. The largest absolute Gasteiger partial charge is 0.394 e. The molecule has 3 aromatic rings. The Balaban J connectivity index is 1.92. The highest BCUT2D eigenvalue weighted by Crippen LogP contribution is 2.26. The third-order valence-corrected chi connectivity index (χ3v) is 4.32. The first-order valence-corrected chi connectivity index (χ1v) is 9.04. The van der Waals surface area contributed by atoms with Crippen LogP contribution < -0.4 is 10.8 Å². The number of hydrogen-bond donors (Lipinski definition) is 4. The van der Waals surface area contributed by atoms with E-state index < -0.39 is 24.4 Å². The fraction of sp³-hybridized carbons (Fsp3) is 0.316. The molecule has 0 fully saturated rings. The molecule has 0 aliphatic heterocycles. The molecule has 1 unspecified atom stereocenters. The number of benzene rings is 1. The fourth-order valence-corrected chi connectivity index (χ4v) is 2.67. The zero-order valence-electron chi connectivity index (χ0n) is 16.0. The van der Waals surface area contributed by atoms with Gasteiger partial charge in [0.1, 0.15) is 24.4 Å². The lowest BCUT2D eigenvalue weighted by Crippen LogP contribution is -2.30. The van der Waals surface area contributed by atoms with Gasteiger partial charge in [0.05, 0.1) is 23.5 Å². The molecule has 1 amide bonds. The first-order chi connectivity index (χ1) is 13.9. The number of amides is 1. The molecule has 154 valence electrons. The minimum atomic E-state index is -1.12. The number of pyridine rings is 1. The van der Waals surface area contributed by atoms with Gasteiger partial charge in [-0.3, -0.25) is 14.0 Å². The number of nitrogens with one attached hydrogen (secondary N) is 2. The molecule has 0 saturated carbocycles. The highest BCUT2D eigenvalue weighted by atomic mass is 19.1. The Morgan fingerprint density at radius 1 is 1.31 bits per heavy atom. The van der Waals surface area contributed by atoms with Gasteiger partial charge in [0.25, 0.3) is 5.91 Å². The number of aliphatic hydroxyl groups excluding tert-OH is 2. The van der Waals surface area contributed by atoms with Gasteiger partial charge >= 0.3 is 0 Å². The lowest BCUT2D eigenvalue weighted by molar-refractivity contribution is -0.0295. The first-order valence-electron chi connectivity index (χ1n) is 9.04. The molecule has 0 saturated heterocycles. The molecule has 0 aliphatic carbocycles. The summed E-state index contributed by atoms with van der Waals surface area (Å²) in [4.78, 5) is 17.6. The number of halogens is 1. The summed E-state index contributed by atoms with van der Waals surface area (Å²) >= 11 is 0. The zero-order valence-corrected chi connectivity index (χ0v) is 16.0. The maximum absolute atomic E-state index is 14.4. The maximum atomic E-state index is 14.4. The van der Waals surface area contributed by atoms with Gasteiger partial charge in [-0.2, -0.15) is 0 Å². The van der Waals surface area contributed by atoms with Crippen LogP contribution in [0.3, 0.4) is 0 Å². The molecule has 9 nitrogen and oxygen atoms in total. The smallest absolute Gasteiger partial charge is 0.278 e. The van der Waals surface area contributed by atoms with Crippen molar-refractivity contribution in [3.63, 3.8) is 0 Å². The van der Waals surface area contributed by atoms with Gasteiger partial charge < -0.3 is 15.5 Å². The topological polar surface area (TPSA) is 121 Å². The number of carbonyl (C=O) groups is 1. The van der Waals surface area contributed by atoms with Crippen molar-refractivity contribution in [2.24, 2.45) is 0 Å². The normalized spacial score (nSPS) is 12.2. The monoisotopic (exact) mass is 403 g/mol. The predicted octanol–water partition coefficient (Wildman–Crippen LogP) is 1.50. The third kappa shape index (κ3) is 4.67. The second-order valence-electron chi connectivity index (χ2n) is 6.45. The number of nitrogens with zero attached hydrogens (tertiary/aromatic N) is 3. The van der Waals surface area contributed by atoms with Crippen LogP contribution in [0, 0.1) is 12.7 Å². The number of aliphatic hydroxyl groups is 2. The first kappa shape index (κ1) is 20.6. The van der Waals surface area contributed by atoms with Gasteiger partial charge in [0.2, 0.25) is 0 Å². The molecule has 4 N–H and O–H groups in total. The minimum Gasteiger partial charge on any atom is -0.394 e. The van der Waals surface area contributed by atoms with Crippen LogP contribution in [0.15, 0.2) is 30.5 Å². The van der Waals surface area contributed by atoms with E-state index in [0.29, 0.717) is 23.6 Å². The number of aryl methyl sites for hydroxylation is 2. The highest BCUT2D eigenvalue weighted by Gasteiger charge is 2.17. The van der Waals surface area contributed by atoms with E-state index in [1.807, 2.05) is 6.92 Å². The van der Waals surface area contributed by atoms with Crippen LogP contribution in [0.2, 0.25) is 0 Å². The Bertz CT molecular complexity index is 1020. The van der Waals surface area contributed by atoms with Crippen molar-refractivity contribution in [2.45, 2.75) is 26.4 Å². The van der Waals surface area contributed by atoms with Gasteiger partial charge in [-0.05, 0) is 31.0 Å². The number of hydroxylamine groups is 1. The SMILES string of the molecule is CCc1ccc(Nc2cc3nnc(C)n3cc2C(=O)NOCC(O)CO)c(F)c1. The number of hydrogen-bond acceptors (Lipinski definition) is 7. The molecule has 2 aromatic heterocycles. The van der Waals surface area contributed by atoms with E-state index in [4.69, 9.17) is 9.94 Å². The van der Waals surface area contributed by atoms with Crippen LogP contribution in [-0.4, -0.2) is 50.0 Å². The van der Waals surface area contributed by atoms with Crippen LogP contribution >= 0.6 is 0 Å². The van der Waals surface area contributed by atoms with Crippen LogP contribution in [0.4, 0.5) is 15.8 Å². The number of aromatic nitrogens is 3. The van der Waals surface area contributed by atoms with E-state index in [-0.39, 0.29) is 17.9 Å². The summed E-state index contributed by atoms with van der Waals surface area (Å²) in [7, 11) is 0. The Labute approximate surface area is 166 Å². The Kier molecular flexibility index (Phi) is 6.37. The molecule has 2 heterocycles. The summed E-state index contributed by atoms with van der Waals surface area (Å²) in [5.74, 6) is -0.510. The Morgan fingerprint density at radius 3 is 2.79 bits per heavy atom. The maximum Gasteiger partial charge on any atom is 0.278 e. The van der Waals surface area contributed by atoms with E-state index in [0.717, 1.165) is 5.56 Å². The van der Waals surface area contributed by atoms with Crippen LogP contribution in [-0.2, 0) is 11.3 Å². The van der Waals surface area contributed by atoms with Crippen molar-refractivity contribution in [2.75, 3.05) is 18.5 Å². The number of rotatable bonds is 8. The average molecular weight is 403 g/mol. The summed E-state index contributed by atoms with van der Waals surface area (Å²) in [6, 6.07) is 6.40. The standard InChI is InChI=1S/C19H22FN5O4/c1-3-12-4-5-16(15(20)6-12)21-17-7-18-23-22-11(2)25(18)8-14(17)19(28)24-29-10-13(27)9-26/h4-8,13,21,26-27H,3,9-10H2,1-2H3,(H,24,28). The molecule has 0 bridgehead atoms.